The Kier molecular flexibility index (Phi) is 4.64. The highest BCUT2D eigenvalue weighted by Crippen LogP contribution is 2.43. The van der Waals surface area contributed by atoms with Crippen LogP contribution in [-0.2, 0) is 9.53 Å². The van der Waals surface area contributed by atoms with Gasteiger partial charge in [0.2, 0.25) is 0 Å². The molecular weight excluding hydrogens is 328 g/mol. The van der Waals surface area contributed by atoms with Crippen LogP contribution in [0.25, 0.3) is 10.9 Å². The van der Waals surface area contributed by atoms with Gasteiger partial charge in [0.1, 0.15) is 11.9 Å². The molecule has 5 heteroatoms. The second-order valence-corrected chi connectivity index (χ2v) is 7.18. The Morgan fingerprint density at radius 3 is 2.96 bits per heavy atom. The molecule has 3 fully saturated rings. The van der Waals surface area contributed by atoms with Crippen LogP contribution in [0.4, 0.5) is 0 Å². The van der Waals surface area contributed by atoms with Gasteiger partial charge in [0.15, 0.2) is 0 Å². The number of hydrogen-bond donors (Lipinski definition) is 0. The van der Waals surface area contributed by atoms with E-state index >= 15 is 0 Å². The lowest BCUT2D eigenvalue weighted by molar-refractivity contribution is -0.141. The number of fused-ring (bicyclic) bond motifs is 4. The van der Waals surface area contributed by atoms with Crippen LogP contribution in [-0.4, -0.2) is 42.6 Å². The molecule has 3 aliphatic heterocycles. The lowest BCUT2D eigenvalue weighted by Crippen LogP contribution is -2.55. The molecule has 5 nitrogen and oxygen atoms in total. The predicted molar refractivity (Wildman–Crippen MR) is 100.0 cm³/mol. The van der Waals surface area contributed by atoms with Gasteiger partial charge >= 0.3 is 0 Å². The van der Waals surface area contributed by atoms with Crippen molar-refractivity contribution in [3.63, 3.8) is 0 Å². The topological polar surface area (TPSA) is 51.7 Å². The highest BCUT2D eigenvalue weighted by Gasteiger charge is 2.43. The predicted octanol–water partition coefficient (Wildman–Crippen LogP) is 3.35. The first-order chi connectivity index (χ1) is 12.7. The van der Waals surface area contributed by atoms with Gasteiger partial charge in [0.05, 0.1) is 18.7 Å². The number of aromatic nitrogens is 1. The fraction of sp³-hybridized carbons (Fsp3) is 0.429. The summed E-state index contributed by atoms with van der Waals surface area (Å²) in [6.45, 7) is 6.60. The maximum Gasteiger partial charge on any atom is 0.293 e. The summed E-state index contributed by atoms with van der Waals surface area (Å²) in [5, 5.41) is 0.974. The highest BCUT2D eigenvalue weighted by molar-refractivity contribution is 5.84. The second kappa shape index (κ2) is 7.08. The summed E-state index contributed by atoms with van der Waals surface area (Å²) in [4.78, 5) is 18.2. The van der Waals surface area contributed by atoms with Crippen LogP contribution < -0.4 is 4.74 Å². The van der Waals surface area contributed by atoms with Crippen molar-refractivity contribution < 1.29 is 14.3 Å². The quantitative estimate of drug-likeness (QED) is 0.589. The van der Waals surface area contributed by atoms with Crippen molar-refractivity contribution in [2.45, 2.75) is 25.0 Å². The van der Waals surface area contributed by atoms with Gasteiger partial charge < -0.3 is 9.47 Å². The minimum Gasteiger partial charge on any atom is -0.497 e. The van der Waals surface area contributed by atoms with Crippen LogP contribution in [0, 0.1) is 11.8 Å². The number of hydrogen-bond acceptors (Lipinski definition) is 5. The lowest BCUT2D eigenvalue weighted by Gasteiger charge is -2.51. The lowest BCUT2D eigenvalue weighted by atomic mass is 9.73. The molecule has 2 bridgehead atoms. The maximum atomic E-state index is 11.3. The summed E-state index contributed by atoms with van der Waals surface area (Å²) in [5.74, 6) is 1.92. The van der Waals surface area contributed by atoms with Crippen LogP contribution in [0.2, 0.25) is 0 Å². The molecule has 0 saturated carbocycles. The number of rotatable bonds is 6. The summed E-state index contributed by atoms with van der Waals surface area (Å²) >= 11 is 0. The average molecular weight is 352 g/mol. The summed E-state index contributed by atoms with van der Waals surface area (Å²) in [6, 6.07) is 7.96. The van der Waals surface area contributed by atoms with E-state index in [9.17, 15) is 4.79 Å². The zero-order chi connectivity index (χ0) is 18.1. The standard InChI is InChI=1S/C21H24N2O3/c1-3-14-12-23-9-7-15(14)10-20(23)21(26-13-24)17-6-8-22-19-5-4-16(25-2)11-18(17)19/h3-6,8,11,13-15,20-21H,1,7,9-10,12H2,2H3/t14-,15-,20-,21+/m0/s1. The highest BCUT2D eigenvalue weighted by atomic mass is 16.5. The third-order valence-corrected chi connectivity index (χ3v) is 5.99. The van der Waals surface area contributed by atoms with Gasteiger partial charge in [-0.25, -0.2) is 0 Å². The molecule has 0 amide bonds. The number of ether oxygens (including phenoxy) is 2. The van der Waals surface area contributed by atoms with Crippen molar-refractivity contribution in [2.75, 3.05) is 20.2 Å². The number of carbonyl (C=O) groups excluding carboxylic acids is 1. The van der Waals surface area contributed by atoms with E-state index in [1.54, 1.807) is 13.3 Å². The zero-order valence-corrected chi connectivity index (χ0v) is 15.0. The SMILES string of the molecule is C=C[C@H]1CN2CC[C@H]1C[C@H]2[C@H](OC=O)c1ccnc2ccc(OC)cc12. The second-order valence-electron chi connectivity index (χ2n) is 7.18. The summed E-state index contributed by atoms with van der Waals surface area (Å²) in [6.07, 6.45) is 5.76. The molecule has 0 spiro atoms. The van der Waals surface area contributed by atoms with Crippen LogP contribution in [0.1, 0.15) is 24.5 Å². The smallest absolute Gasteiger partial charge is 0.293 e. The Morgan fingerprint density at radius 2 is 2.27 bits per heavy atom. The Balaban J connectivity index is 1.75. The van der Waals surface area contributed by atoms with Crippen LogP contribution in [0.15, 0.2) is 43.1 Å². The third-order valence-electron chi connectivity index (χ3n) is 5.99. The molecular formula is C21H24N2O3. The molecule has 3 aliphatic rings. The van der Waals surface area contributed by atoms with E-state index in [0.29, 0.717) is 18.3 Å². The molecule has 1 aromatic heterocycles. The summed E-state index contributed by atoms with van der Waals surface area (Å²) < 4.78 is 11.0. The monoisotopic (exact) mass is 352 g/mol. The largest absolute Gasteiger partial charge is 0.497 e. The number of nitrogens with zero attached hydrogens (tertiary/aromatic N) is 2. The van der Waals surface area contributed by atoms with Gasteiger partial charge in [-0.1, -0.05) is 6.08 Å². The molecule has 1 unspecified atom stereocenters. The summed E-state index contributed by atoms with van der Waals surface area (Å²) in [5.41, 5.74) is 1.87. The third kappa shape index (κ3) is 2.86. The number of carbonyl (C=O) groups is 1. The van der Waals surface area contributed by atoms with Crippen molar-refractivity contribution in [1.82, 2.24) is 9.88 Å². The number of benzene rings is 1. The normalized spacial score (nSPS) is 28.5. The van der Waals surface area contributed by atoms with Crippen molar-refractivity contribution in [3.8, 4) is 5.75 Å². The van der Waals surface area contributed by atoms with Crippen molar-refractivity contribution >= 4 is 17.4 Å². The minimum atomic E-state index is -0.307. The molecule has 2 aromatic rings. The molecule has 0 N–H and O–H groups in total. The minimum absolute atomic E-state index is 0.187. The Labute approximate surface area is 153 Å². The molecule has 4 heterocycles. The van der Waals surface area contributed by atoms with E-state index in [2.05, 4.69) is 22.5 Å². The number of pyridine rings is 1. The summed E-state index contributed by atoms with van der Waals surface area (Å²) in [7, 11) is 1.65. The Bertz CT molecular complexity index is 822. The molecule has 0 aliphatic carbocycles. The van der Waals surface area contributed by atoms with Crippen molar-refractivity contribution in [1.29, 1.82) is 0 Å². The Morgan fingerprint density at radius 1 is 1.38 bits per heavy atom. The number of methoxy groups -OCH3 is 1. The van der Waals surface area contributed by atoms with Gasteiger partial charge in [0.25, 0.3) is 6.47 Å². The van der Waals surface area contributed by atoms with E-state index in [1.807, 2.05) is 24.3 Å². The Hall–Kier alpha value is -2.40. The molecule has 26 heavy (non-hydrogen) atoms. The molecule has 1 aromatic carbocycles. The fourth-order valence-corrected chi connectivity index (χ4v) is 4.64. The molecule has 0 radical (unpaired) electrons. The zero-order valence-electron chi connectivity index (χ0n) is 15.0. The molecule has 136 valence electrons. The van der Waals surface area contributed by atoms with Gasteiger partial charge in [-0.3, -0.25) is 14.7 Å². The van der Waals surface area contributed by atoms with Crippen LogP contribution >= 0.6 is 0 Å². The van der Waals surface area contributed by atoms with E-state index in [-0.39, 0.29) is 12.1 Å². The first-order valence-electron chi connectivity index (χ1n) is 9.13. The number of piperidine rings is 3. The van der Waals surface area contributed by atoms with Crippen molar-refractivity contribution in [2.24, 2.45) is 11.8 Å². The van der Waals surface area contributed by atoms with E-state index < -0.39 is 0 Å². The molecule has 5 rings (SSSR count). The molecule has 3 saturated heterocycles. The van der Waals surface area contributed by atoms with Crippen LogP contribution in [0.3, 0.4) is 0 Å². The van der Waals surface area contributed by atoms with Gasteiger partial charge in [0, 0.05) is 23.7 Å². The van der Waals surface area contributed by atoms with Gasteiger partial charge in [-0.05, 0) is 55.5 Å². The van der Waals surface area contributed by atoms with Crippen molar-refractivity contribution in [3.05, 3.63) is 48.7 Å². The van der Waals surface area contributed by atoms with E-state index in [4.69, 9.17) is 9.47 Å². The fourth-order valence-electron chi connectivity index (χ4n) is 4.64. The van der Waals surface area contributed by atoms with Gasteiger partial charge in [-0.2, -0.15) is 0 Å². The van der Waals surface area contributed by atoms with Gasteiger partial charge in [-0.15, -0.1) is 6.58 Å². The first kappa shape index (κ1) is 17.0. The average Bonchev–Trinajstić information content (AvgIpc) is 2.71. The van der Waals surface area contributed by atoms with Crippen LogP contribution in [0.5, 0.6) is 5.75 Å². The first-order valence-corrected chi connectivity index (χ1v) is 9.13. The van der Waals surface area contributed by atoms with E-state index in [1.165, 1.54) is 6.42 Å². The molecule has 5 atom stereocenters. The maximum absolute atomic E-state index is 11.3. The van der Waals surface area contributed by atoms with E-state index in [0.717, 1.165) is 41.7 Å².